The van der Waals surface area contributed by atoms with E-state index in [1.54, 1.807) is 0 Å². The van der Waals surface area contributed by atoms with Crippen molar-refractivity contribution >= 4 is 17.6 Å². The van der Waals surface area contributed by atoms with E-state index in [4.69, 9.17) is 5.11 Å². The molecule has 0 heterocycles. The second-order valence-corrected chi connectivity index (χ2v) is 2.13. The number of hydrogen-bond donors (Lipinski definition) is 1. The first-order chi connectivity index (χ1) is 5.67. The molecule has 0 bridgehead atoms. The fraction of sp³-hybridized carbons (Fsp3) is 0.400. The maximum Gasteiger partial charge on any atom is 0.411 e. The van der Waals surface area contributed by atoms with E-state index in [2.05, 4.69) is 11.6 Å². The summed E-state index contributed by atoms with van der Waals surface area (Å²) in [6.07, 6.45) is 0. The van der Waals surface area contributed by atoms with Crippen molar-refractivity contribution in [3.05, 3.63) is 11.4 Å². The monoisotopic (exact) mass is 224 g/mol. The molecule has 0 aliphatic carbocycles. The summed E-state index contributed by atoms with van der Waals surface area (Å²) >= 11 is 4.40. The number of hydrogen-bond acceptors (Lipinski definition) is 1. The average Bonchev–Trinajstić information content (AvgIpc) is 2.02. The summed E-state index contributed by atoms with van der Waals surface area (Å²) in [6, 6.07) is 0. The zero-order valence-electron chi connectivity index (χ0n) is 5.70. The zero-order valence-corrected chi connectivity index (χ0v) is 6.46. The molecule has 0 radical (unpaired) electrons. The molecule has 76 valence electrons. The zero-order chi connectivity index (χ0) is 10.9. The van der Waals surface area contributed by atoms with E-state index in [-0.39, 0.29) is 0 Å². The largest absolute Gasteiger partial charge is 0.477 e. The Hall–Kier alpha value is -0.850. The number of allylic oxidation sites excluding steroid dienone is 1. The Morgan fingerprint density at radius 3 is 1.85 bits per heavy atom. The molecule has 0 amide bonds. The third-order valence-corrected chi connectivity index (χ3v) is 1.25. The first-order valence-electron chi connectivity index (χ1n) is 2.63. The van der Waals surface area contributed by atoms with Gasteiger partial charge in [0.05, 0.1) is 0 Å². The molecule has 13 heavy (non-hydrogen) atoms. The SMILES string of the molecule is O=C(O)C(F)(F)C(F)(F)/C(F)=C/Cl. The minimum atomic E-state index is -5.53. The molecule has 0 aromatic heterocycles. The van der Waals surface area contributed by atoms with E-state index in [1.807, 2.05) is 0 Å². The van der Waals surface area contributed by atoms with Gasteiger partial charge in [-0.3, -0.25) is 0 Å². The third-order valence-electron chi connectivity index (χ3n) is 1.06. The van der Waals surface area contributed by atoms with Crippen LogP contribution in [0.3, 0.4) is 0 Å². The molecular formula is C5H2ClF5O2. The number of aliphatic carboxylic acids is 1. The van der Waals surface area contributed by atoms with E-state index in [9.17, 15) is 26.7 Å². The predicted molar refractivity (Wildman–Crippen MR) is 32.6 cm³/mol. The molecule has 0 atom stereocenters. The number of carboxylic acid groups (broad SMARTS) is 1. The lowest BCUT2D eigenvalue weighted by Crippen LogP contribution is -2.47. The molecule has 0 rings (SSSR count). The van der Waals surface area contributed by atoms with Crippen LogP contribution in [0.25, 0.3) is 0 Å². The van der Waals surface area contributed by atoms with Crippen LogP contribution in [0, 0.1) is 0 Å². The number of halogens is 6. The Morgan fingerprint density at radius 1 is 1.23 bits per heavy atom. The van der Waals surface area contributed by atoms with Gasteiger partial charge in [0.25, 0.3) is 0 Å². The van der Waals surface area contributed by atoms with Crippen LogP contribution in [-0.4, -0.2) is 22.9 Å². The van der Waals surface area contributed by atoms with Crippen molar-refractivity contribution < 1.29 is 31.9 Å². The summed E-state index contributed by atoms with van der Waals surface area (Å²) < 4.78 is 60.5. The Labute approximate surface area is 73.6 Å². The van der Waals surface area contributed by atoms with Crippen molar-refractivity contribution in [1.82, 2.24) is 0 Å². The second kappa shape index (κ2) is 3.49. The lowest BCUT2D eigenvalue weighted by molar-refractivity contribution is -0.215. The molecule has 0 aromatic rings. The van der Waals surface area contributed by atoms with Crippen LogP contribution in [-0.2, 0) is 4.79 Å². The molecule has 8 heteroatoms. The van der Waals surface area contributed by atoms with Gasteiger partial charge >= 0.3 is 17.8 Å². The number of alkyl halides is 4. The van der Waals surface area contributed by atoms with Crippen LogP contribution in [0.4, 0.5) is 22.0 Å². The highest BCUT2D eigenvalue weighted by Gasteiger charge is 2.65. The number of rotatable bonds is 3. The molecule has 2 nitrogen and oxygen atoms in total. The molecule has 0 saturated heterocycles. The van der Waals surface area contributed by atoms with E-state index in [1.165, 1.54) is 0 Å². The van der Waals surface area contributed by atoms with Crippen molar-refractivity contribution in [3.63, 3.8) is 0 Å². The van der Waals surface area contributed by atoms with Crippen LogP contribution >= 0.6 is 11.6 Å². The highest BCUT2D eigenvalue weighted by molar-refractivity contribution is 6.25. The van der Waals surface area contributed by atoms with Gasteiger partial charge in [-0.25, -0.2) is 9.18 Å². The van der Waals surface area contributed by atoms with Crippen LogP contribution in [0.1, 0.15) is 0 Å². The minimum absolute atomic E-state index is 0.448. The van der Waals surface area contributed by atoms with Gasteiger partial charge < -0.3 is 5.11 Å². The average molecular weight is 225 g/mol. The van der Waals surface area contributed by atoms with E-state index in [0.29, 0.717) is 0 Å². The molecule has 0 unspecified atom stereocenters. The fourth-order valence-electron chi connectivity index (χ4n) is 0.353. The van der Waals surface area contributed by atoms with Crippen molar-refractivity contribution in [2.75, 3.05) is 0 Å². The summed E-state index contributed by atoms with van der Waals surface area (Å²) in [5, 5.41) is 7.65. The lowest BCUT2D eigenvalue weighted by atomic mass is 10.1. The molecule has 0 spiro atoms. The first kappa shape index (κ1) is 12.2. The van der Waals surface area contributed by atoms with E-state index in [0.717, 1.165) is 0 Å². The molecule has 1 N–H and O–H groups in total. The summed E-state index contributed by atoms with van der Waals surface area (Å²) in [7, 11) is 0. The smallest absolute Gasteiger partial charge is 0.411 e. The molecular weight excluding hydrogens is 222 g/mol. The molecule has 0 aliphatic heterocycles. The quantitative estimate of drug-likeness (QED) is 0.748. The van der Waals surface area contributed by atoms with Crippen molar-refractivity contribution in [2.24, 2.45) is 0 Å². The summed E-state index contributed by atoms with van der Waals surface area (Å²) in [5.74, 6) is -16.8. The van der Waals surface area contributed by atoms with Crippen LogP contribution in [0.15, 0.2) is 11.4 Å². The van der Waals surface area contributed by atoms with E-state index >= 15 is 0 Å². The molecule has 0 aliphatic rings. The van der Waals surface area contributed by atoms with Crippen molar-refractivity contribution in [2.45, 2.75) is 11.8 Å². The standard InChI is InChI=1S/C5H2ClF5O2/c6-1-2(7)4(8,9)5(10,11)3(12)13/h1H,(H,12,13)/b2-1-. The van der Waals surface area contributed by atoms with Gasteiger partial charge in [0, 0.05) is 5.54 Å². The van der Waals surface area contributed by atoms with Gasteiger partial charge in [-0.1, -0.05) is 11.6 Å². The number of carboxylic acids is 1. The minimum Gasteiger partial charge on any atom is -0.477 e. The highest BCUT2D eigenvalue weighted by Crippen LogP contribution is 2.40. The fourth-order valence-corrected chi connectivity index (χ4v) is 0.490. The predicted octanol–water partition coefficient (Wildman–Crippen LogP) is 2.39. The Balaban J connectivity index is 5.15. The van der Waals surface area contributed by atoms with Crippen molar-refractivity contribution in [1.29, 1.82) is 0 Å². The lowest BCUT2D eigenvalue weighted by Gasteiger charge is -2.20. The van der Waals surface area contributed by atoms with Gasteiger partial charge in [0.2, 0.25) is 0 Å². The Kier molecular flexibility index (Phi) is 3.26. The van der Waals surface area contributed by atoms with Crippen LogP contribution in [0.5, 0.6) is 0 Å². The maximum atomic E-state index is 12.2. The van der Waals surface area contributed by atoms with Gasteiger partial charge in [0.1, 0.15) is 0 Å². The maximum absolute atomic E-state index is 12.2. The van der Waals surface area contributed by atoms with Gasteiger partial charge in [-0.15, -0.1) is 0 Å². The second-order valence-electron chi connectivity index (χ2n) is 1.91. The molecule has 0 fully saturated rings. The normalized spacial score (nSPS) is 14.5. The Bertz CT molecular complexity index is 249. The number of carbonyl (C=O) groups is 1. The topological polar surface area (TPSA) is 37.3 Å². The van der Waals surface area contributed by atoms with Gasteiger partial charge in [-0.2, -0.15) is 17.6 Å². The molecule has 0 saturated carbocycles. The van der Waals surface area contributed by atoms with Gasteiger partial charge in [0.15, 0.2) is 5.83 Å². The van der Waals surface area contributed by atoms with Crippen molar-refractivity contribution in [3.8, 4) is 0 Å². The molecule has 0 aromatic carbocycles. The summed E-state index contributed by atoms with van der Waals surface area (Å²) in [5.41, 5.74) is -0.448. The first-order valence-corrected chi connectivity index (χ1v) is 3.07. The van der Waals surface area contributed by atoms with E-state index < -0.39 is 29.2 Å². The third kappa shape index (κ3) is 1.90. The van der Waals surface area contributed by atoms with Gasteiger partial charge in [-0.05, 0) is 0 Å². The summed E-state index contributed by atoms with van der Waals surface area (Å²) in [4.78, 5) is 9.62. The highest BCUT2D eigenvalue weighted by atomic mass is 35.5. The van der Waals surface area contributed by atoms with Crippen LogP contribution in [0.2, 0.25) is 0 Å². The Morgan fingerprint density at radius 2 is 1.62 bits per heavy atom. The van der Waals surface area contributed by atoms with Crippen LogP contribution < -0.4 is 0 Å². The summed E-state index contributed by atoms with van der Waals surface area (Å²) in [6.45, 7) is 0.